The van der Waals surface area contributed by atoms with E-state index >= 15 is 0 Å². The average Bonchev–Trinajstić information content (AvgIpc) is 3.59. The largest absolute Gasteiger partial charge is 0.459 e. The van der Waals surface area contributed by atoms with Crippen LogP contribution >= 0.6 is 0 Å². The molecule has 1 aromatic carbocycles. The van der Waals surface area contributed by atoms with E-state index in [9.17, 15) is 14.4 Å². The molecule has 2 aliphatic rings. The highest BCUT2D eigenvalue weighted by atomic mass is 16.4. The molecule has 3 aromatic rings. The molecule has 2 N–H and O–H groups in total. The van der Waals surface area contributed by atoms with E-state index in [4.69, 9.17) is 8.83 Å². The maximum absolute atomic E-state index is 13.8. The summed E-state index contributed by atoms with van der Waals surface area (Å²) in [7, 11) is 0. The van der Waals surface area contributed by atoms with Gasteiger partial charge in [0.15, 0.2) is 5.76 Å². The highest BCUT2D eigenvalue weighted by molar-refractivity contribution is 5.93. The maximum atomic E-state index is 13.8. The van der Waals surface area contributed by atoms with Crippen LogP contribution in [0.5, 0.6) is 0 Å². The van der Waals surface area contributed by atoms with E-state index in [-0.39, 0.29) is 24.1 Å². The molecular formula is C27H31N5O5. The van der Waals surface area contributed by atoms with Gasteiger partial charge in [-0.3, -0.25) is 14.4 Å². The van der Waals surface area contributed by atoms with Gasteiger partial charge in [0, 0.05) is 31.7 Å². The fourth-order valence-electron chi connectivity index (χ4n) is 4.98. The summed E-state index contributed by atoms with van der Waals surface area (Å²) < 4.78 is 11.0. The molecule has 2 aromatic heterocycles. The van der Waals surface area contributed by atoms with Gasteiger partial charge in [-0.25, -0.2) is 4.98 Å². The van der Waals surface area contributed by atoms with Gasteiger partial charge in [0.05, 0.1) is 18.4 Å². The Morgan fingerprint density at radius 3 is 2.38 bits per heavy atom. The van der Waals surface area contributed by atoms with Crippen molar-refractivity contribution in [1.82, 2.24) is 25.4 Å². The number of amides is 3. The molecule has 0 aliphatic carbocycles. The Labute approximate surface area is 215 Å². The number of rotatable bonds is 6. The molecule has 0 bridgehead atoms. The Kier molecular flexibility index (Phi) is 7.09. The number of carbonyl (C=O) groups excluding carboxylic acids is 3. The third-order valence-electron chi connectivity index (χ3n) is 7.07. The first-order valence-corrected chi connectivity index (χ1v) is 12.6. The van der Waals surface area contributed by atoms with Gasteiger partial charge in [-0.05, 0) is 57.1 Å². The molecule has 0 unspecified atom stereocenters. The number of nitrogens with zero attached hydrogens (tertiary/aromatic N) is 3. The number of hydrogen-bond donors (Lipinski definition) is 2. The third-order valence-corrected chi connectivity index (χ3v) is 7.07. The van der Waals surface area contributed by atoms with Crippen LogP contribution in [0.15, 0.2) is 57.6 Å². The van der Waals surface area contributed by atoms with Crippen LogP contribution in [-0.4, -0.2) is 77.3 Å². The van der Waals surface area contributed by atoms with E-state index in [1.165, 1.54) is 6.26 Å². The molecule has 0 spiro atoms. The van der Waals surface area contributed by atoms with Crippen LogP contribution in [0.1, 0.15) is 34.9 Å². The van der Waals surface area contributed by atoms with Crippen molar-refractivity contribution in [1.29, 1.82) is 0 Å². The van der Waals surface area contributed by atoms with E-state index < -0.39 is 5.54 Å². The van der Waals surface area contributed by atoms with Gasteiger partial charge in [-0.15, -0.1) is 0 Å². The van der Waals surface area contributed by atoms with Crippen LogP contribution < -0.4 is 10.6 Å². The van der Waals surface area contributed by atoms with Crippen molar-refractivity contribution in [3.8, 4) is 11.5 Å². The van der Waals surface area contributed by atoms with E-state index in [1.54, 1.807) is 28.9 Å². The van der Waals surface area contributed by atoms with Gasteiger partial charge in [0.25, 0.3) is 5.91 Å². The van der Waals surface area contributed by atoms with Crippen molar-refractivity contribution in [2.45, 2.75) is 31.7 Å². The minimum atomic E-state index is -0.991. The van der Waals surface area contributed by atoms with Crippen molar-refractivity contribution < 1.29 is 23.2 Å². The number of aromatic nitrogens is 1. The SMILES string of the molecule is Cc1oc(-c2ccccc2)nc1CC(=O)NC1(C(=O)N2CCN(C(=O)c3ccco3)CC2)CCNCC1. The first kappa shape index (κ1) is 24.8. The number of oxazole rings is 1. The minimum Gasteiger partial charge on any atom is -0.459 e. The summed E-state index contributed by atoms with van der Waals surface area (Å²) in [5.41, 5.74) is 0.403. The Balaban J connectivity index is 1.24. The summed E-state index contributed by atoms with van der Waals surface area (Å²) in [5.74, 6) is 0.792. The van der Waals surface area contributed by atoms with Crippen molar-refractivity contribution in [3.05, 3.63) is 65.9 Å². The molecule has 3 amide bonds. The van der Waals surface area contributed by atoms with E-state index in [0.29, 0.717) is 75.2 Å². The molecule has 194 valence electrons. The standard InChI is InChI=1S/C27H31N5O5/c1-19-21(29-24(37-19)20-6-3-2-4-7-20)18-23(33)30-27(9-11-28-12-10-27)26(35)32-15-13-31(14-16-32)25(34)22-8-5-17-36-22/h2-8,17,28H,9-16,18H2,1H3,(H,30,33). The molecule has 10 heteroatoms. The molecule has 2 saturated heterocycles. The number of aryl methyl sites for hydroxylation is 1. The number of benzene rings is 1. The number of furan rings is 1. The van der Waals surface area contributed by atoms with Crippen LogP contribution in [0.2, 0.25) is 0 Å². The van der Waals surface area contributed by atoms with Crippen LogP contribution in [0.3, 0.4) is 0 Å². The van der Waals surface area contributed by atoms with Crippen molar-refractivity contribution >= 4 is 17.7 Å². The minimum absolute atomic E-state index is 0.0239. The second-order valence-electron chi connectivity index (χ2n) is 9.51. The molecule has 0 saturated carbocycles. The van der Waals surface area contributed by atoms with Crippen molar-refractivity contribution in [3.63, 3.8) is 0 Å². The molecule has 2 fully saturated rings. The fourth-order valence-corrected chi connectivity index (χ4v) is 4.98. The van der Waals surface area contributed by atoms with Gasteiger partial charge in [-0.2, -0.15) is 0 Å². The Morgan fingerprint density at radius 1 is 1.00 bits per heavy atom. The Bertz CT molecular complexity index is 1240. The highest BCUT2D eigenvalue weighted by Crippen LogP contribution is 2.25. The van der Waals surface area contributed by atoms with Crippen molar-refractivity contribution in [2.24, 2.45) is 0 Å². The zero-order valence-corrected chi connectivity index (χ0v) is 20.9. The lowest BCUT2D eigenvalue weighted by Gasteiger charge is -2.43. The van der Waals surface area contributed by atoms with Crippen LogP contribution in [-0.2, 0) is 16.0 Å². The number of hydrogen-bond acceptors (Lipinski definition) is 7. The summed E-state index contributed by atoms with van der Waals surface area (Å²) in [6.07, 6.45) is 2.49. The second-order valence-corrected chi connectivity index (χ2v) is 9.51. The number of nitrogens with one attached hydrogen (secondary N) is 2. The number of piperidine rings is 1. The van der Waals surface area contributed by atoms with Gasteiger partial charge >= 0.3 is 0 Å². The van der Waals surface area contributed by atoms with Gasteiger partial charge in [-0.1, -0.05) is 18.2 Å². The monoisotopic (exact) mass is 505 g/mol. The molecule has 0 radical (unpaired) electrons. The zero-order chi connectivity index (χ0) is 25.8. The highest BCUT2D eigenvalue weighted by Gasteiger charge is 2.44. The maximum Gasteiger partial charge on any atom is 0.289 e. The predicted molar refractivity (Wildman–Crippen MR) is 135 cm³/mol. The summed E-state index contributed by atoms with van der Waals surface area (Å²) in [4.78, 5) is 47.5. The zero-order valence-electron chi connectivity index (χ0n) is 20.9. The Morgan fingerprint density at radius 2 is 1.70 bits per heavy atom. The fraction of sp³-hybridized carbons (Fsp3) is 0.407. The molecule has 37 heavy (non-hydrogen) atoms. The Hall–Kier alpha value is -3.92. The van der Waals surface area contributed by atoms with Crippen LogP contribution in [0.4, 0.5) is 0 Å². The van der Waals surface area contributed by atoms with E-state index in [1.807, 2.05) is 30.3 Å². The normalized spacial score (nSPS) is 17.4. The first-order valence-electron chi connectivity index (χ1n) is 12.6. The molecule has 0 atom stereocenters. The first-order chi connectivity index (χ1) is 17.9. The number of carbonyl (C=O) groups is 3. The van der Waals surface area contributed by atoms with E-state index in [0.717, 1.165) is 5.56 Å². The predicted octanol–water partition coefficient (Wildman–Crippen LogP) is 2.01. The smallest absolute Gasteiger partial charge is 0.289 e. The summed E-state index contributed by atoms with van der Waals surface area (Å²) in [6, 6.07) is 12.8. The second kappa shape index (κ2) is 10.6. The number of piperazine rings is 1. The molecule has 10 nitrogen and oxygen atoms in total. The van der Waals surface area contributed by atoms with Gasteiger partial charge in [0.2, 0.25) is 17.7 Å². The van der Waals surface area contributed by atoms with Crippen LogP contribution in [0.25, 0.3) is 11.5 Å². The van der Waals surface area contributed by atoms with E-state index in [2.05, 4.69) is 15.6 Å². The lowest BCUT2D eigenvalue weighted by Crippen LogP contribution is -2.65. The summed E-state index contributed by atoms with van der Waals surface area (Å²) in [6.45, 7) is 4.67. The quantitative estimate of drug-likeness (QED) is 0.526. The van der Waals surface area contributed by atoms with Crippen LogP contribution in [0, 0.1) is 6.92 Å². The molecule has 2 aliphatic heterocycles. The van der Waals surface area contributed by atoms with Gasteiger partial charge < -0.3 is 29.3 Å². The lowest BCUT2D eigenvalue weighted by atomic mass is 9.86. The third kappa shape index (κ3) is 5.29. The summed E-state index contributed by atoms with van der Waals surface area (Å²) >= 11 is 0. The van der Waals surface area contributed by atoms with Gasteiger partial charge in [0.1, 0.15) is 11.3 Å². The molecule has 5 rings (SSSR count). The summed E-state index contributed by atoms with van der Waals surface area (Å²) in [5, 5.41) is 6.34. The lowest BCUT2D eigenvalue weighted by molar-refractivity contribution is -0.144. The average molecular weight is 506 g/mol. The topological polar surface area (TPSA) is 121 Å². The molecular weight excluding hydrogens is 474 g/mol. The molecule has 4 heterocycles. The van der Waals surface area contributed by atoms with Crippen molar-refractivity contribution in [2.75, 3.05) is 39.3 Å².